The highest BCUT2D eigenvalue weighted by molar-refractivity contribution is 5.33. The average Bonchev–Trinajstić information content (AvgIpc) is 2.67. The Kier molecular flexibility index (Phi) is 3.09. The summed E-state index contributed by atoms with van der Waals surface area (Å²) in [5.74, 6) is 1.08. The smallest absolute Gasteiger partial charge is 0.106 e. The highest BCUT2D eigenvalue weighted by Gasteiger charge is 2.03. The van der Waals surface area contributed by atoms with Crippen LogP contribution in [0.25, 0.3) is 0 Å². The standard InChI is InChI=1S/C14H18N2/c1-10-5-4-6-13(12(10)3)7-8-14-15-9-11(2)16-14/h4-6,9H,7-8H2,1-3H3,(H,15,16). The summed E-state index contributed by atoms with van der Waals surface area (Å²) in [5.41, 5.74) is 5.27. The topological polar surface area (TPSA) is 28.7 Å². The van der Waals surface area contributed by atoms with E-state index in [-0.39, 0.29) is 0 Å². The predicted molar refractivity (Wildman–Crippen MR) is 66.6 cm³/mol. The summed E-state index contributed by atoms with van der Waals surface area (Å²) in [6.07, 6.45) is 4.00. The van der Waals surface area contributed by atoms with Gasteiger partial charge in [0.15, 0.2) is 0 Å². The lowest BCUT2D eigenvalue weighted by molar-refractivity contribution is 0.873. The molecule has 0 fully saturated rings. The number of nitrogens with one attached hydrogen (secondary N) is 1. The first-order valence-electron chi connectivity index (χ1n) is 5.73. The molecular weight excluding hydrogens is 196 g/mol. The van der Waals surface area contributed by atoms with E-state index in [0.717, 1.165) is 24.4 Å². The van der Waals surface area contributed by atoms with Crippen molar-refractivity contribution in [3.8, 4) is 0 Å². The molecule has 0 saturated heterocycles. The van der Waals surface area contributed by atoms with Gasteiger partial charge in [0.2, 0.25) is 0 Å². The molecule has 0 unspecified atom stereocenters. The summed E-state index contributed by atoms with van der Waals surface area (Å²) in [4.78, 5) is 7.62. The Morgan fingerprint density at radius 2 is 1.94 bits per heavy atom. The lowest BCUT2D eigenvalue weighted by atomic mass is 10.00. The van der Waals surface area contributed by atoms with Gasteiger partial charge in [-0.15, -0.1) is 0 Å². The molecule has 0 aliphatic rings. The number of H-pyrrole nitrogens is 1. The van der Waals surface area contributed by atoms with Gasteiger partial charge in [-0.05, 0) is 43.9 Å². The fraction of sp³-hybridized carbons (Fsp3) is 0.357. The summed E-state index contributed by atoms with van der Waals surface area (Å²) in [6, 6.07) is 6.50. The van der Waals surface area contributed by atoms with E-state index in [1.807, 2.05) is 13.1 Å². The number of aromatic nitrogens is 2. The van der Waals surface area contributed by atoms with Gasteiger partial charge in [-0.1, -0.05) is 18.2 Å². The van der Waals surface area contributed by atoms with Crippen molar-refractivity contribution in [2.45, 2.75) is 33.6 Å². The molecule has 2 rings (SSSR count). The minimum atomic E-state index is 0.984. The molecule has 2 nitrogen and oxygen atoms in total. The maximum Gasteiger partial charge on any atom is 0.106 e. The van der Waals surface area contributed by atoms with Gasteiger partial charge in [-0.3, -0.25) is 0 Å². The van der Waals surface area contributed by atoms with E-state index in [1.54, 1.807) is 0 Å². The summed E-state index contributed by atoms with van der Waals surface area (Å²) in [6.45, 7) is 6.37. The Bertz CT molecular complexity index is 483. The van der Waals surface area contributed by atoms with Crippen LogP contribution in [0.2, 0.25) is 0 Å². The van der Waals surface area contributed by atoms with Crippen LogP contribution < -0.4 is 0 Å². The van der Waals surface area contributed by atoms with E-state index < -0.39 is 0 Å². The van der Waals surface area contributed by atoms with Crippen molar-refractivity contribution in [3.63, 3.8) is 0 Å². The quantitative estimate of drug-likeness (QED) is 0.835. The average molecular weight is 214 g/mol. The molecular formula is C14H18N2. The first-order chi connectivity index (χ1) is 7.66. The zero-order chi connectivity index (χ0) is 11.5. The van der Waals surface area contributed by atoms with Crippen LogP contribution in [0.15, 0.2) is 24.4 Å². The molecule has 2 heteroatoms. The number of aryl methyl sites for hydroxylation is 4. The third-order valence-corrected chi connectivity index (χ3v) is 3.11. The third-order valence-electron chi connectivity index (χ3n) is 3.11. The molecule has 0 spiro atoms. The highest BCUT2D eigenvalue weighted by atomic mass is 14.9. The SMILES string of the molecule is Cc1c[nH]c(CCc2cccc(C)c2C)n1. The van der Waals surface area contributed by atoms with Gasteiger partial charge < -0.3 is 4.98 Å². The number of nitrogens with zero attached hydrogens (tertiary/aromatic N) is 1. The third kappa shape index (κ3) is 2.32. The summed E-state index contributed by atoms with van der Waals surface area (Å²) < 4.78 is 0. The molecule has 1 aromatic heterocycles. The second kappa shape index (κ2) is 4.52. The Morgan fingerprint density at radius 1 is 1.12 bits per heavy atom. The van der Waals surface area contributed by atoms with Crippen LogP contribution in [-0.4, -0.2) is 9.97 Å². The van der Waals surface area contributed by atoms with Crippen molar-refractivity contribution < 1.29 is 0 Å². The van der Waals surface area contributed by atoms with Crippen molar-refractivity contribution in [1.29, 1.82) is 0 Å². The van der Waals surface area contributed by atoms with Gasteiger partial charge >= 0.3 is 0 Å². The van der Waals surface area contributed by atoms with E-state index in [2.05, 4.69) is 42.0 Å². The lowest BCUT2D eigenvalue weighted by Crippen LogP contribution is -1.97. The fourth-order valence-corrected chi connectivity index (χ4v) is 1.93. The van der Waals surface area contributed by atoms with Gasteiger partial charge in [-0.2, -0.15) is 0 Å². The van der Waals surface area contributed by atoms with Crippen LogP contribution in [0.5, 0.6) is 0 Å². The van der Waals surface area contributed by atoms with E-state index >= 15 is 0 Å². The second-order valence-electron chi connectivity index (χ2n) is 4.35. The number of hydrogen-bond donors (Lipinski definition) is 1. The number of rotatable bonds is 3. The number of imidazole rings is 1. The Labute approximate surface area is 96.7 Å². The molecule has 0 saturated carbocycles. The maximum atomic E-state index is 4.42. The monoisotopic (exact) mass is 214 g/mol. The van der Waals surface area contributed by atoms with E-state index in [4.69, 9.17) is 0 Å². The molecule has 1 N–H and O–H groups in total. The lowest BCUT2D eigenvalue weighted by Gasteiger charge is -2.07. The van der Waals surface area contributed by atoms with Crippen LogP contribution in [0, 0.1) is 20.8 Å². The Balaban J connectivity index is 2.07. The van der Waals surface area contributed by atoms with E-state index in [9.17, 15) is 0 Å². The first-order valence-corrected chi connectivity index (χ1v) is 5.73. The normalized spacial score (nSPS) is 10.7. The molecule has 1 aromatic carbocycles. The molecule has 0 atom stereocenters. The van der Waals surface area contributed by atoms with Gasteiger partial charge in [0, 0.05) is 12.6 Å². The summed E-state index contributed by atoms with van der Waals surface area (Å²) in [7, 11) is 0. The summed E-state index contributed by atoms with van der Waals surface area (Å²) >= 11 is 0. The van der Waals surface area contributed by atoms with Crippen LogP contribution in [0.1, 0.15) is 28.2 Å². The second-order valence-corrected chi connectivity index (χ2v) is 4.35. The molecule has 0 radical (unpaired) electrons. The molecule has 0 aliphatic carbocycles. The van der Waals surface area contributed by atoms with Crippen molar-refractivity contribution in [1.82, 2.24) is 9.97 Å². The zero-order valence-corrected chi connectivity index (χ0v) is 10.2. The largest absolute Gasteiger partial charge is 0.348 e. The summed E-state index contributed by atoms with van der Waals surface area (Å²) in [5, 5.41) is 0. The minimum Gasteiger partial charge on any atom is -0.348 e. The van der Waals surface area contributed by atoms with Crippen molar-refractivity contribution in [3.05, 3.63) is 52.6 Å². The first kappa shape index (κ1) is 10.9. The van der Waals surface area contributed by atoms with Gasteiger partial charge in [0.05, 0.1) is 5.69 Å². The number of hydrogen-bond acceptors (Lipinski definition) is 1. The van der Waals surface area contributed by atoms with Crippen LogP contribution in [-0.2, 0) is 12.8 Å². The van der Waals surface area contributed by atoms with Crippen LogP contribution in [0.3, 0.4) is 0 Å². The molecule has 0 aliphatic heterocycles. The number of benzene rings is 1. The van der Waals surface area contributed by atoms with Crippen molar-refractivity contribution in [2.24, 2.45) is 0 Å². The number of aromatic amines is 1. The van der Waals surface area contributed by atoms with E-state index in [0.29, 0.717) is 0 Å². The molecule has 0 amide bonds. The van der Waals surface area contributed by atoms with Crippen LogP contribution >= 0.6 is 0 Å². The fourth-order valence-electron chi connectivity index (χ4n) is 1.93. The molecule has 2 aromatic rings. The molecule has 1 heterocycles. The van der Waals surface area contributed by atoms with Gasteiger partial charge in [0.1, 0.15) is 5.82 Å². The van der Waals surface area contributed by atoms with Crippen LogP contribution in [0.4, 0.5) is 0 Å². The minimum absolute atomic E-state index is 0.984. The van der Waals surface area contributed by atoms with Gasteiger partial charge in [-0.25, -0.2) is 4.98 Å². The molecule has 84 valence electrons. The highest BCUT2D eigenvalue weighted by Crippen LogP contribution is 2.14. The predicted octanol–water partition coefficient (Wildman–Crippen LogP) is 3.12. The maximum absolute atomic E-state index is 4.42. The van der Waals surface area contributed by atoms with Gasteiger partial charge in [0.25, 0.3) is 0 Å². The van der Waals surface area contributed by atoms with Crippen molar-refractivity contribution >= 4 is 0 Å². The molecule has 16 heavy (non-hydrogen) atoms. The Morgan fingerprint density at radius 3 is 2.62 bits per heavy atom. The Hall–Kier alpha value is -1.57. The zero-order valence-electron chi connectivity index (χ0n) is 10.2. The molecule has 0 bridgehead atoms. The van der Waals surface area contributed by atoms with Crippen molar-refractivity contribution in [2.75, 3.05) is 0 Å². The van der Waals surface area contributed by atoms with E-state index in [1.165, 1.54) is 16.7 Å².